The first-order valence-corrected chi connectivity index (χ1v) is 6.90. The Morgan fingerprint density at radius 3 is 2.67 bits per heavy atom. The van der Waals surface area contributed by atoms with Gasteiger partial charge in [0.25, 0.3) is 5.91 Å². The number of ether oxygens (including phenoxy) is 1. The molecule has 0 saturated carbocycles. The van der Waals surface area contributed by atoms with E-state index in [9.17, 15) is 9.59 Å². The maximum Gasteiger partial charge on any atom is 0.253 e. The maximum absolute atomic E-state index is 11.8. The highest BCUT2D eigenvalue weighted by Gasteiger charge is 2.10. The molecule has 0 aliphatic rings. The third kappa shape index (κ3) is 6.92. The summed E-state index contributed by atoms with van der Waals surface area (Å²) in [5.74, 6) is -0.663. The summed E-state index contributed by atoms with van der Waals surface area (Å²) in [6.07, 6.45) is 0. The van der Waals surface area contributed by atoms with E-state index in [2.05, 4.69) is 17.2 Å². The maximum atomic E-state index is 11.8. The molecule has 2 amide bonds. The third-order valence-corrected chi connectivity index (χ3v) is 2.77. The van der Waals surface area contributed by atoms with Gasteiger partial charge in [0.1, 0.15) is 0 Å². The van der Waals surface area contributed by atoms with E-state index >= 15 is 0 Å². The molecule has 0 aliphatic carbocycles. The zero-order valence-corrected chi connectivity index (χ0v) is 12.7. The number of hydrogen-bond donors (Lipinski definition) is 2. The SMILES string of the molecule is C=C(C)COCCNC(=O)CNC(=O)c1ccccc1Cl. The Morgan fingerprint density at radius 2 is 2.00 bits per heavy atom. The lowest BCUT2D eigenvalue weighted by atomic mass is 10.2. The Kier molecular flexibility index (Phi) is 7.50. The number of rotatable bonds is 8. The normalized spacial score (nSPS) is 10.0. The highest BCUT2D eigenvalue weighted by molar-refractivity contribution is 6.33. The molecule has 0 bridgehead atoms. The fourth-order valence-electron chi connectivity index (χ4n) is 1.47. The molecule has 0 atom stereocenters. The Hall–Kier alpha value is -1.85. The lowest BCUT2D eigenvalue weighted by Gasteiger charge is -2.08. The van der Waals surface area contributed by atoms with Crippen molar-refractivity contribution in [3.8, 4) is 0 Å². The molecule has 0 spiro atoms. The number of nitrogens with one attached hydrogen (secondary N) is 2. The first kappa shape index (κ1) is 17.2. The van der Waals surface area contributed by atoms with Gasteiger partial charge in [0.15, 0.2) is 0 Å². The largest absolute Gasteiger partial charge is 0.375 e. The Bertz CT molecular complexity index is 517. The first-order valence-electron chi connectivity index (χ1n) is 6.52. The van der Waals surface area contributed by atoms with Crippen LogP contribution in [0.3, 0.4) is 0 Å². The van der Waals surface area contributed by atoms with Crippen molar-refractivity contribution in [3.05, 3.63) is 47.0 Å². The van der Waals surface area contributed by atoms with Crippen molar-refractivity contribution in [1.29, 1.82) is 0 Å². The number of hydrogen-bond acceptors (Lipinski definition) is 3. The molecule has 0 unspecified atom stereocenters. The van der Waals surface area contributed by atoms with Gasteiger partial charge in [-0.1, -0.05) is 35.9 Å². The van der Waals surface area contributed by atoms with Gasteiger partial charge in [0.05, 0.1) is 30.3 Å². The molecule has 21 heavy (non-hydrogen) atoms. The van der Waals surface area contributed by atoms with Gasteiger partial charge >= 0.3 is 0 Å². The van der Waals surface area contributed by atoms with E-state index in [-0.39, 0.29) is 18.4 Å². The fourth-order valence-corrected chi connectivity index (χ4v) is 1.69. The van der Waals surface area contributed by atoms with E-state index in [4.69, 9.17) is 16.3 Å². The zero-order chi connectivity index (χ0) is 15.7. The van der Waals surface area contributed by atoms with Crippen molar-refractivity contribution in [1.82, 2.24) is 10.6 Å². The summed E-state index contributed by atoms with van der Waals surface area (Å²) >= 11 is 5.89. The van der Waals surface area contributed by atoms with Crippen LogP contribution in [0.25, 0.3) is 0 Å². The minimum atomic E-state index is -0.380. The van der Waals surface area contributed by atoms with Crippen LogP contribution in [-0.4, -0.2) is 38.1 Å². The molecule has 0 aliphatic heterocycles. The van der Waals surface area contributed by atoms with Gasteiger partial charge < -0.3 is 15.4 Å². The predicted octanol–water partition coefficient (Wildman–Crippen LogP) is 1.78. The minimum absolute atomic E-state index is 0.107. The van der Waals surface area contributed by atoms with Crippen molar-refractivity contribution >= 4 is 23.4 Å². The number of benzene rings is 1. The predicted molar refractivity (Wildman–Crippen MR) is 82.4 cm³/mol. The monoisotopic (exact) mass is 310 g/mol. The second-order valence-corrected chi connectivity index (χ2v) is 4.93. The first-order chi connectivity index (χ1) is 10.0. The molecule has 1 aromatic carbocycles. The van der Waals surface area contributed by atoms with Crippen LogP contribution in [-0.2, 0) is 9.53 Å². The smallest absolute Gasteiger partial charge is 0.253 e. The summed E-state index contributed by atoms with van der Waals surface area (Å²) in [6.45, 7) is 6.71. The van der Waals surface area contributed by atoms with Crippen molar-refractivity contribution in [2.45, 2.75) is 6.92 Å². The van der Waals surface area contributed by atoms with Crippen molar-refractivity contribution < 1.29 is 14.3 Å². The summed E-state index contributed by atoms with van der Waals surface area (Å²) < 4.78 is 5.24. The molecule has 5 nitrogen and oxygen atoms in total. The lowest BCUT2D eigenvalue weighted by Crippen LogP contribution is -2.38. The van der Waals surface area contributed by atoms with Crippen LogP contribution in [0, 0.1) is 0 Å². The van der Waals surface area contributed by atoms with Crippen molar-refractivity contribution in [2.24, 2.45) is 0 Å². The topological polar surface area (TPSA) is 67.4 Å². The minimum Gasteiger partial charge on any atom is -0.375 e. The van der Waals surface area contributed by atoms with E-state index in [0.717, 1.165) is 5.57 Å². The van der Waals surface area contributed by atoms with Crippen LogP contribution in [0.1, 0.15) is 17.3 Å². The second-order valence-electron chi connectivity index (χ2n) is 4.52. The van der Waals surface area contributed by atoms with E-state index in [1.165, 1.54) is 0 Å². The number of carbonyl (C=O) groups excluding carboxylic acids is 2. The van der Waals surface area contributed by atoms with Crippen LogP contribution in [0.15, 0.2) is 36.4 Å². The van der Waals surface area contributed by atoms with Gasteiger partial charge in [-0.2, -0.15) is 0 Å². The quantitative estimate of drug-likeness (QED) is 0.568. The molecule has 114 valence electrons. The Morgan fingerprint density at radius 1 is 1.29 bits per heavy atom. The molecule has 2 N–H and O–H groups in total. The molecular weight excluding hydrogens is 292 g/mol. The standard InChI is InChI=1S/C15H19ClN2O3/c1-11(2)10-21-8-7-17-14(19)9-18-15(20)12-5-3-4-6-13(12)16/h3-6H,1,7-10H2,2H3,(H,17,19)(H,18,20). The summed E-state index contributed by atoms with van der Waals surface area (Å²) in [6, 6.07) is 6.66. The van der Waals surface area contributed by atoms with Crippen LogP contribution >= 0.6 is 11.6 Å². The summed E-state index contributed by atoms with van der Waals surface area (Å²) in [5.41, 5.74) is 1.27. The highest BCUT2D eigenvalue weighted by Crippen LogP contribution is 2.14. The van der Waals surface area contributed by atoms with Gasteiger partial charge in [0.2, 0.25) is 5.91 Å². The second kappa shape index (κ2) is 9.15. The van der Waals surface area contributed by atoms with Crippen molar-refractivity contribution in [2.75, 3.05) is 26.3 Å². The van der Waals surface area contributed by atoms with Gasteiger partial charge in [-0.25, -0.2) is 0 Å². The summed E-state index contributed by atoms with van der Waals surface area (Å²) in [4.78, 5) is 23.3. The zero-order valence-electron chi connectivity index (χ0n) is 11.9. The third-order valence-electron chi connectivity index (χ3n) is 2.45. The summed E-state index contributed by atoms with van der Waals surface area (Å²) in [7, 11) is 0. The van der Waals surface area contributed by atoms with Gasteiger partial charge in [-0.3, -0.25) is 9.59 Å². The van der Waals surface area contributed by atoms with Crippen molar-refractivity contribution in [3.63, 3.8) is 0 Å². The van der Waals surface area contributed by atoms with Gasteiger partial charge in [0, 0.05) is 6.54 Å². The van der Waals surface area contributed by atoms with Crippen LogP contribution < -0.4 is 10.6 Å². The van der Waals surface area contributed by atoms with Crippen LogP contribution in [0.4, 0.5) is 0 Å². The molecule has 0 radical (unpaired) electrons. The van der Waals surface area contributed by atoms with E-state index in [1.54, 1.807) is 24.3 Å². The van der Waals surface area contributed by atoms with Gasteiger partial charge in [-0.05, 0) is 19.1 Å². The lowest BCUT2D eigenvalue weighted by molar-refractivity contribution is -0.120. The summed E-state index contributed by atoms with van der Waals surface area (Å²) in [5, 5.41) is 5.50. The molecule has 0 aromatic heterocycles. The number of carbonyl (C=O) groups is 2. The molecule has 0 saturated heterocycles. The Balaban J connectivity index is 2.22. The highest BCUT2D eigenvalue weighted by atomic mass is 35.5. The molecule has 1 aromatic rings. The van der Waals surface area contributed by atoms with Crippen LogP contribution in [0.2, 0.25) is 5.02 Å². The molecular formula is C15H19ClN2O3. The van der Waals surface area contributed by atoms with E-state index < -0.39 is 0 Å². The van der Waals surface area contributed by atoms with Gasteiger partial charge in [-0.15, -0.1) is 0 Å². The van der Waals surface area contributed by atoms with E-state index in [0.29, 0.717) is 30.3 Å². The average molecular weight is 311 g/mol. The molecule has 0 fully saturated rings. The Labute approximate surface area is 129 Å². The fraction of sp³-hybridized carbons (Fsp3) is 0.333. The number of amides is 2. The average Bonchev–Trinajstić information content (AvgIpc) is 2.44. The molecule has 6 heteroatoms. The number of halogens is 1. The molecule has 1 rings (SSSR count). The van der Waals surface area contributed by atoms with Crippen LogP contribution in [0.5, 0.6) is 0 Å². The molecule has 0 heterocycles. The van der Waals surface area contributed by atoms with E-state index in [1.807, 2.05) is 6.92 Å².